The predicted octanol–water partition coefficient (Wildman–Crippen LogP) is -1.14. The normalized spacial score (nSPS) is 32.1. The number of hydrogen-bond donors (Lipinski definition) is 4. The van der Waals surface area contributed by atoms with Crippen molar-refractivity contribution in [2.45, 2.75) is 30.0 Å². The van der Waals surface area contributed by atoms with E-state index < -0.39 is 40.2 Å². The Kier molecular flexibility index (Phi) is 4.00. The molecule has 4 N–H and O–H groups in total. The molecule has 1 aromatic carbocycles. The molecular formula is C12H13NO9S. The van der Waals surface area contributed by atoms with Gasteiger partial charge >= 0.3 is 0 Å². The Morgan fingerprint density at radius 3 is 2.57 bits per heavy atom. The maximum atomic E-state index is 11.2. The number of fused-ring (bicyclic) bond motifs is 1. The lowest BCUT2D eigenvalue weighted by Crippen LogP contribution is -2.61. The van der Waals surface area contributed by atoms with Gasteiger partial charge in [0.25, 0.3) is 10.1 Å². The molecule has 0 saturated carbocycles. The highest BCUT2D eigenvalue weighted by Crippen LogP contribution is 2.30. The Labute approximate surface area is 129 Å². The van der Waals surface area contributed by atoms with Crippen molar-refractivity contribution < 1.29 is 42.2 Å². The molecule has 0 spiro atoms. The topological polar surface area (TPSA) is 160 Å². The molecule has 1 unspecified atom stereocenters. The van der Waals surface area contributed by atoms with Gasteiger partial charge in [-0.1, -0.05) is 6.07 Å². The highest BCUT2D eigenvalue weighted by Gasteiger charge is 2.50. The highest BCUT2D eigenvalue weighted by atomic mass is 32.2. The number of nitrogens with zero attached hydrogens (tertiary/aromatic N) is 1. The van der Waals surface area contributed by atoms with E-state index in [-0.39, 0.29) is 11.3 Å². The number of aliphatic hydroxyl groups excluding tert-OH is 3. The van der Waals surface area contributed by atoms with Gasteiger partial charge in [0.2, 0.25) is 11.7 Å². The summed E-state index contributed by atoms with van der Waals surface area (Å²) in [6.45, 7) is 0. The predicted molar refractivity (Wildman–Crippen MR) is 72.9 cm³/mol. The lowest BCUT2D eigenvalue weighted by atomic mass is 10.1. The Balaban J connectivity index is 1.91. The molecule has 1 aliphatic rings. The average Bonchev–Trinajstić information content (AvgIpc) is 2.96. The van der Waals surface area contributed by atoms with Crippen LogP contribution in [0.3, 0.4) is 0 Å². The summed E-state index contributed by atoms with van der Waals surface area (Å²) < 4.78 is 46.8. The summed E-state index contributed by atoms with van der Waals surface area (Å²) in [5, 5.41) is 29.2. The Morgan fingerprint density at radius 1 is 1.13 bits per heavy atom. The lowest BCUT2D eigenvalue weighted by Gasteiger charge is -2.38. The summed E-state index contributed by atoms with van der Waals surface area (Å²) in [6, 6.07) is 4.62. The summed E-state index contributed by atoms with van der Waals surface area (Å²) in [5.74, 6) is 0.0953. The van der Waals surface area contributed by atoms with Crippen molar-refractivity contribution in [3.05, 3.63) is 24.6 Å². The van der Waals surface area contributed by atoms with E-state index in [2.05, 4.69) is 4.98 Å². The van der Waals surface area contributed by atoms with E-state index >= 15 is 0 Å². The molecule has 1 aromatic heterocycles. The Hall–Kier alpha value is -1.76. The molecule has 23 heavy (non-hydrogen) atoms. The van der Waals surface area contributed by atoms with Gasteiger partial charge in [0.15, 0.2) is 23.2 Å². The van der Waals surface area contributed by atoms with E-state index in [9.17, 15) is 23.7 Å². The number of aromatic nitrogens is 1. The number of oxazole rings is 1. The van der Waals surface area contributed by atoms with Crippen molar-refractivity contribution in [3.8, 4) is 5.75 Å². The van der Waals surface area contributed by atoms with Crippen LogP contribution < -0.4 is 4.74 Å². The molecule has 1 aliphatic heterocycles. The molecule has 0 aliphatic carbocycles. The van der Waals surface area contributed by atoms with E-state index in [1.54, 1.807) is 12.1 Å². The summed E-state index contributed by atoms with van der Waals surface area (Å²) in [7, 11) is -4.85. The van der Waals surface area contributed by atoms with E-state index in [0.717, 1.165) is 6.39 Å². The number of benzene rings is 1. The minimum absolute atomic E-state index is 0.0953. The third-order valence-corrected chi connectivity index (χ3v) is 4.36. The van der Waals surface area contributed by atoms with Gasteiger partial charge in [0.05, 0.1) is 0 Å². The third kappa shape index (κ3) is 2.89. The fourth-order valence-corrected chi connectivity index (χ4v) is 3.01. The van der Waals surface area contributed by atoms with Gasteiger partial charge < -0.3 is 29.2 Å². The van der Waals surface area contributed by atoms with Crippen LogP contribution in [0.15, 0.2) is 29.0 Å². The van der Waals surface area contributed by atoms with E-state index in [4.69, 9.17) is 18.4 Å². The minimum atomic E-state index is -4.85. The molecule has 2 aromatic rings. The zero-order valence-corrected chi connectivity index (χ0v) is 12.2. The van der Waals surface area contributed by atoms with Gasteiger partial charge in [-0.25, -0.2) is 4.98 Å². The number of hydrogen-bond acceptors (Lipinski definition) is 9. The lowest BCUT2D eigenvalue weighted by molar-refractivity contribution is -0.254. The molecule has 0 amide bonds. The number of ether oxygens (including phenoxy) is 2. The van der Waals surface area contributed by atoms with Crippen LogP contribution in [-0.4, -0.2) is 63.3 Å². The van der Waals surface area contributed by atoms with E-state index in [1.165, 1.54) is 6.07 Å². The smallest absolute Gasteiger partial charge is 0.295 e. The number of para-hydroxylation sites is 1. The van der Waals surface area contributed by atoms with Gasteiger partial charge in [-0.2, -0.15) is 8.42 Å². The molecule has 0 radical (unpaired) electrons. The summed E-state index contributed by atoms with van der Waals surface area (Å²) >= 11 is 0. The zero-order chi connectivity index (χ0) is 16.8. The second-order valence-corrected chi connectivity index (χ2v) is 6.43. The highest BCUT2D eigenvalue weighted by molar-refractivity contribution is 7.86. The fourth-order valence-electron chi connectivity index (χ4n) is 2.24. The van der Waals surface area contributed by atoms with E-state index in [0.29, 0.717) is 5.58 Å². The molecule has 126 valence electrons. The molecule has 5 atom stereocenters. The van der Waals surface area contributed by atoms with E-state index in [1.807, 2.05) is 0 Å². The summed E-state index contributed by atoms with van der Waals surface area (Å²) in [5.41, 5.74) is -1.51. The van der Waals surface area contributed by atoms with Crippen LogP contribution in [0.4, 0.5) is 0 Å². The van der Waals surface area contributed by atoms with Crippen molar-refractivity contribution in [1.29, 1.82) is 0 Å². The standard InChI is InChI=1S/C12H13NO9S/c14-8-9(15)11(22-12(10(8)16)23(17,18)19)21-6-3-1-2-5-7(6)13-4-20-5/h1-4,8-12,14-16H,(H,17,18,19)/t8-,9-,10+,11-,12?/m1/s1. The average molecular weight is 347 g/mol. The van der Waals surface area contributed by atoms with Gasteiger partial charge in [-0.15, -0.1) is 0 Å². The zero-order valence-electron chi connectivity index (χ0n) is 11.4. The molecule has 11 heteroatoms. The quantitative estimate of drug-likeness (QED) is 0.500. The van der Waals surface area contributed by atoms with Crippen LogP contribution in [0.2, 0.25) is 0 Å². The first-order chi connectivity index (χ1) is 10.8. The van der Waals surface area contributed by atoms with Crippen LogP contribution in [-0.2, 0) is 14.9 Å². The molecule has 1 fully saturated rings. The van der Waals surface area contributed by atoms with Crippen molar-refractivity contribution in [2.24, 2.45) is 0 Å². The van der Waals surface area contributed by atoms with Crippen molar-refractivity contribution in [1.82, 2.24) is 4.98 Å². The number of aliphatic hydroxyl groups is 3. The molecule has 1 saturated heterocycles. The van der Waals surface area contributed by atoms with Crippen LogP contribution in [0.5, 0.6) is 5.75 Å². The van der Waals surface area contributed by atoms with Gasteiger partial charge in [-0.3, -0.25) is 4.55 Å². The molecule has 3 rings (SSSR count). The molecule has 2 heterocycles. The minimum Gasteiger partial charge on any atom is -0.460 e. The van der Waals surface area contributed by atoms with Gasteiger partial charge in [0, 0.05) is 0 Å². The Bertz CT molecular complexity index is 804. The second-order valence-electron chi connectivity index (χ2n) is 4.93. The SMILES string of the molecule is O=S(=O)(O)C1O[C@@H](Oc2cccc3ocnc23)[C@H](O)[C@@H](O)[C@@H]1O. The largest absolute Gasteiger partial charge is 0.460 e. The van der Waals surface area contributed by atoms with Crippen LogP contribution in [0.1, 0.15) is 0 Å². The molecular weight excluding hydrogens is 334 g/mol. The van der Waals surface area contributed by atoms with Crippen LogP contribution >= 0.6 is 0 Å². The monoisotopic (exact) mass is 347 g/mol. The third-order valence-electron chi connectivity index (χ3n) is 3.39. The van der Waals surface area contributed by atoms with Crippen LogP contribution in [0.25, 0.3) is 11.1 Å². The van der Waals surface area contributed by atoms with Gasteiger partial charge in [0.1, 0.15) is 18.3 Å². The summed E-state index contributed by atoms with van der Waals surface area (Å²) in [4.78, 5) is 3.90. The first-order valence-corrected chi connectivity index (χ1v) is 7.94. The van der Waals surface area contributed by atoms with Crippen molar-refractivity contribution in [2.75, 3.05) is 0 Å². The number of rotatable bonds is 3. The molecule has 0 bridgehead atoms. The van der Waals surface area contributed by atoms with Crippen LogP contribution in [0, 0.1) is 0 Å². The maximum absolute atomic E-state index is 11.2. The van der Waals surface area contributed by atoms with Crippen molar-refractivity contribution >= 4 is 21.2 Å². The Morgan fingerprint density at radius 2 is 1.87 bits per heavy atom. The van der Waals surface area contributed by atoms with Crippen molar-refractivity contribution in [3.63, 3.8) is 0 Å². The molecule has 10 nitrogen and oxygen atoms in total. The fraction of sp³-hybridized carbons (Fsp3) is 0.417. The summed E-state index contributed by atoms with van der Waals surface area (Å²) in [6.07, 6.45) is -6.21. The maximum Gasteiger partial charge on any atom is 0.295 e. The second kappa shape index (κ2) is 5.70. The first kappa shape index (κ1) is 16.1. The first-order valence-electron chi connectivity index (χ1n) is 6.44. The van der Waals surface area contributed by atoms with Gasteiger partial charge in [-0.05, 0) is 12.1 Å².